The van der Waals surface area contributed by atoms with E-state index in [0.717, 1.165) is 45.3 Å². The fraction of sp³-hybridized carbons (Fsp3) is 0.317. The zero-order valence-electron chi connectivity index (χ0n) is 42.9. The Hall–Kier alpha value is -6.59. The third-order valence-electron chi connectivity index (χ3n) is 14.0. The maximum absolute atomic E-state index is 7.32. The molecule has 0 aliphatic carbocycles. The number of pyridine rings is 1. The average molecular weight is 899 g/mol. The van der Waals surface area contributed by atoms with Crippen molar-refractivity contribution in [3.05, 3.63) is 197 Å². The van der Waals surface area contributed by atoms with E-state index in [0.29, 0.717) is 6.67 Å². The van der Waals surface area contributed by atoms with Crippen LogP contribution in [0.15, 0.2) is 158 Å². The number of aromatic nitrogens is 2. The quantitative estimate of drug-likeness (QED) is 0.152. The maximum atomic E-state index is 7.32. The van der Waals surface area contributed by atoms with Crippen LogP contribution in [0.2, 0.25) is 0 Å². The highest BCUT2D eigenvalue weighted by molar-refractivity contribution is 6.11. The lowest BCUT2D eigenvalue weighted by Crippen LogP contribution is -2.28. The molecule has 9 rings (SSSR count). The molecule has 0 unspecified atom stereocenters. The first kappa shape index (κ1) is 46.5. The average Bonchev–Trinajstić information content (AvgIpc) is 3.89. The third-order valence-corrected chi connectivity index (χ3v) is 14.0. The summed E-state index contributed by atoms with van der Waals surface area (Å²) in [5, 5.41) is 2.43. The standard InChI is InChI=1S/C63H70N4O/c1-59(2,3)44-29-30-64-57(36-44)67-54-28-22-21-27-52(54)58-53(62(10,11)12)38-51(39-55(58)67)68-50-35-47(63(13,14)43-25-19-16-20-26-43)34-49(37-50)66-41-65(40-56(66)42-23-17-15-18-24-42)48-32-45(60(4,5)6)31-46(33-48)61(7,8)9/h15-40H,41H2,1-14H3. The van der Waals surface area contributed by atoms with Crippen LogP contribution in [-0.2, 0) is 27.1 Å². The topological polar surface area (TPSA) is 33.5 Å². The summed E-state index contributed by atoms with van der Waals surface area (Å²) >= 11 is 0. The van der Waals surface area contributed by atoms with Crippen molar-refractivity contribution in [2.75, 3.05) is 16.5 Å². The Morgan fingerprint density at radius 2 is 1.06 bits per heavy atom. The molecule has 5 nitrogen and oxygen atoms in total. The minimum atomic E-state index is -0.343. The van der Waals surface area contributed by atoms with E-state index in [4.69, 9.17) is 9.72 Å². The van der Waals surface area contributed by atoms with E-state index in [2.05, 4.69) is 263 Å². The fourth-order valence-electron chi connectivity index (χ4n) is 9.64. The fourth-order valence-corrected chi connectivity index (χ4v) is 9.64. The molecular weight excluding hydrogens is 829 g/mol. The van der Waals surface area contributed by atoms with Crippen LogP contribution >= 0.6 is 0 Å². The van der Waals surface area contributed by atoms with E-state index in [-0.39, 0.29) is 27.1 Å². The smallest absolute Gasteiger partial charge is 0.137 e. The Morgan fingerprint density at radius 3 is 1.69 bits per heavy atom. The predicted octanol–water partition coefficient (Wildman–Crippen LogP) is 16.8. The van der Waals surface area contributed by atoms with Crippen LogP contribution in [0.3, 0.4) is 0 Å². The minimum Gasteiger partial charge on any atom is -0.457 e. The van der Waals surface area contributed by atoms with E-state index >= 15 is 0 Å². The molecule has 0 bridgehead atoms. The molecule has 0 N–H and O–H groups in total. The molecular formula is C63H70N4O. The van der Waals surface area contributed by atoms with Gasteiger partial charge in [-0.1, -0.05) is 182 Å². The Labute approximate surface area is 406 Å². The van der Waals surface area contributed by atoms with Gasteiger partial charge in [0.1, 0.15) is 17.3 Å². The highest BCUT2D eigenvalue weighted by atomic mass is 16.5. The Kier molecular flexibility index (Phi) is 11.5. The molecule has 0 spiro atoms. The van der Waals surface area contributed by atoms with E-state index in [1.807, 2.05) is 6.20 Å². The molecule has 6 aromatic carbocycles. The van der Waals surface area contributed by atoms with E-state index in [1.165, 1.54) is 49.8 Å². The first-order valence-corrected chi connectivity index (χ1v) is 24.4. The summed E-state index contributed by atoms with van der Waals surface area (Å²) in [6.07, 6.45) is 4.29. The normalized spacial score (nSPS) is 14.0. The second kappa shape index (κ2) is 16.9. The second-order valence-corrected chi connectivity index (χ2v) is 23.6. The largest absolute Gasteiger partial charge is 0.457 e. The predicted molar refractivity (Wildman–Crippen MR) is 289 cm³/mol. The van der Waals surface area contributed by atoms with Gasteiger partial charge < -0.3 is 14.5 Å². The van der Waals surface area contributed by atoms with Crippen LogP contribution in [0.5, 0.6) is 11.5 Å². The van der Waals surface area contributed by atoms with Crippen LogP contribution in [0.1, 0.15) is 136 Å². The number of anilines is 2. The highest BCUT2D eigenvalue weighted by Crippen LogP contribution is 2.45. The SMILES string of the molecule is CC(C)(C)c1cc(N2C=C(c3ccccc3)N(c3cc(Oc4cc(C(C)(C)C)c5c6ccccc6n(-c6cc(C(C)(C)C)ccn6)c5c4)cc(C(C)(C)c4ccccc4)c3)C2)cc(C(C)(C)C)c1. The monoisotopic (exact) mass is 899 g/mol. The maximum Gasteiger partial charge on any atom is 0.137 e. The molecule has 5 heteroatoms. The van der Waals surface area contributed by atoms with Gasteiger partial charge in [0.05, 0.1) is 23.4 Å². The lowest BCUT2D eigenvalue weighted by atomic mass is 9.78. The van der Waals surface area contributed by atoms with Crippen LogP contribution in [-0.4, -0.2) is 16.2 Å². The van der Waals surface area contributed by atoms with Crippen molar-refractivity contribution in [2.45, 2.75) is 124 Å². The Morgan fingerprint density at radius 1 is 0.471 bits per heavy atom. The van der Waals surface area contributed by atoms with Gasteiger partial charge in [0.15, 0.2) is 0 Å². The molecule has 0 saturated heterocycles. The van der Waals surface area contributed by atoms with Crippen LogP contribution in [0, 0.1) is 0 Å². The summed E-state index contributed by atoms with van der Waals surface area (Å²) in [5.74, 6) is 2.47. The number of hydrogen-bond donors (Lipinski definition) is 0. The van der Waals surface area contributed by atoms with E-state index < -0.39 is 0 Å². The summed E-state index contributed by atoms with van der Waals surface area (Å²) in [6, 6.07) is 53.3. The zero-order valence-corrected chi connectivity index (χ0v) is 42.9. The van der Waals surface area contributed by atoms with Crippen molar-refractivity contribution < 1.29 is 4.74 Å². The highest BCUT2D eigenvalue weighted by Gasteiger charge is 2.32. The number of fused-ring (bicyclic) bond motifs is 3. The van der Waals surface area contributed by atoms with Gasteiger partial charge in [-0.05, 0) is 109 Å². The molecule has 0 radical (unpaired) electrons. The van der Waals surface area contributed by atoms with Gasteiger partial charge in [0.2, 0.25) is 0 Å². The minimum absolute atomic E-state index is 0.0117. The van der Waals surface area contributed by atoms with Crippen molar-refractivity contribution in [3.8, 4) is 17.3 Å². The van der Waals surface area contributed by atoms with Crippen molar-refractivity contribution in [1.82, 2.24) is 9.55 Å². The summed E-state index contributed by atoms with van der Waals surface area (Å²) in [4.78, 5) is 9.91. The molecule has 1 aliphatic heterocycles. The molecule has 0 amide bonds. The summed E-state index contributed by atoms with van der Waals surface area (Å²) < 4.78 is 9.66. The third kappa shape index (κ3) is 8.96. The number of nitrogens with zero attached hydrogens (tertiary/aromatic N) is 4. The van der Waals surface area contributed by atoms with Crippen LogP contribution in [0.25, 0.3) is 33.3 Å². The first-order valence-electron chi connectivity index (χ1n) is 24.4. The Bertz CT molecular complexity index is 3150. The van der Waals surface area contributed by atoms with Gasteiger partial charge in [0, 0.05) is 52.1 Å². The summed E-state index contributed by atoms with van der Waals surface area (Å²) in [7, 11) is 0. The van der Waals surface area contributed by atoms with E-state index in [9.17, 15) is 0 Å². The summed E-state index contributed by atoms with van der Waals surface area (Å²) in [6.45, 7) is 32.8. The number of hydrogen-bond acceptors (Lipinski definition) is 4. The number of para-hydroxylation sites is 1. The van der Waals surface area contributed by atoms with Gasteiger partial charge in [-0.15, -0.1) is 0 Å². The molecule has 68 heavy (non-hydrogen) atoms. The van der Waals surface area contributed by atoms with E-state index in [1.54, 1.807) is 0 Å². The van der Waals surface area contributed by atoms with Crippen molar-refractivity contribution in [3.63, 3.8) is 0 Å². The molecule has 348 valence electrons. The van der Waals surface area contributed by atoms with Crippen molar-refractivity contribution in [1.29, 1.82) is 0 Å². The van der Waals surface area contributed by atoms with Gasteiger partial charge in [-0.2, -0.15) is 0 Å². The summed E-state index contributed by atoms with van der Waals surface area (Å²) in [5.41, 5.74) is 13.7. The Balaban J connectivity index is 1.24. The number of rotatable bonds is 8. The van der Waals surface area contributed by atoms with Crippen LogP contribution in [0.4, 0.5) is 11.4 Å². The van der Waals surface area contributed by atoms with Gasteiger partial charge in [0.25, 0.3) is 0 Å². The molecule has 0 fully saturated rings. The number of ether oxygens (including phenoxy) is 1. The lowest BCUT2D eigenvalue weighted by molar-refractivity contribution is 0.477. The first-order chi connectivity index (χ1) is 32.0. The molecule has 8 aromatic rings. The molecule has 3 heterocycles. The zero-order chi connectivity index (χ0) is 48.6. The number of benzene rings is 6. The molecule has 0 atom stereocenters. The molecule has 0 saturated carbocycles. The lowest BCUT2D eigenvalue weighted by Gasteiger charge is -2.31. The van der Waals surface area contributed by atoms with Crippen LogP contribution < -0.4 is 14.5 Å². The van der Waals surface area contributed by atoms with Crippen molar-refractivity contribution in [2.24, 2.45) is 0 Å². The van der Waals surface area contributed by atoms with Gasteiger partial charge >= 0.3 is 0 Å². The van der Waals surface area contributed by atoms with Crippen molar-refractivity contribution >= 4 is 38.9 Å². The van der Waals surface area contributed by atoms with Gasteiger partial charge in [-0.3, -0.25) is 4.57 Å². The molecule has 1 aliphatic rings. The molecule has 2 aromatic heterocycles. The second-order valence-electron chi connectivity index (χ2n) is 23.6. The van der Waals surface area contributed by atoms with Gasteiger partial charge in [-0.25, -0.2) is 4.98 Å².